The molecule has 0 N–H and O–H groups in total. The van der Waals surface area contributed by atoms with E-state index in [4.69, 9.17) is 4.74 Å². The summed E-state index contributed by atoms with van der Waals surface area (Å²) in [6, 6.07) is 0. The molecule has 1 nitrogen and oxygen atoms in total. The van der Waals surface area contributed by atoms with Crippen LogP contribution in [0.15, 0.2) is 24.8 Å². The fraction of sp³-hybridized carbons (Fsp3) is 0.333. The summed E-state index contributed by atoms with van der Waals surface area (Å²) in [4.78, 5) is 0. The Morgan fingerprint density at radius 3 is 2.50 bits per heavy atom. The fourth-order valence-electron chi connectivity index (χ4n) is 0.258. The van der Waals surface area contributed by atoms with Gasteiger partial charge in [-0.15, -0.1) is 0 Å². The third kappa shape index (κ3) is 5.50. The van der Waals surface area contributed by atoms with Crippen molar-refractivity contribution in [1.29, 1.82) is 0 Å². The Hall–Kier alpha value is -0.503. The summed E-state index contributed by atoms with van der Waals surface area (Å²) in [6.07, 6.45) is 3.12. The van der Waals surface area contributed by atoms with Gasteiger partial charge < -0.3 is 4.74 Å². The first-order chi connectivity index (χ1) is 3.77. The zero-order valence-electron chi connectivity index (χ0n) is 5.42. The van der Waals surface area contributed by atoms with Gasteiger partial charge in [-0.25, -0.2) is 0 Å². The van der Waals surface area contributed by atoms with Gasteiger partial charge in [-0.1, -0.05) is 25.4 Å². The minimum Gasteiger partial charge on any atom is -0.474 e. The molecule has 0 aromatic carbocycles. The smallest absolute Gasteiger partial charge is 0.0829 e. The second-order valence-electron chi connectivity index (χ2n) is 1.88. The van der Waals surface area contributed by atoms with Crippen LogP contribution >= 0.6 is 0 Å². The van der Waals surface area contributed by atoms with Crippen molar-refractivity contribution in [3.63, 3.8) is 0 Å². The molecule has 0 amide bonds. The molecule has 0 aromatic heterocycles. The molecule has 2 heteroatoms. The summed E-state index contributed by atoms with van der Waals surface area (Å²) in [5, 5.41) is 0. The maximum absolute atomic E-state index is 4.76. The molecule has 0 atom stereocenters. The van der Waals surface area contributed by atoms with Crippen LogP contribution in [0.3, 0.4) is 0 Å². The van der Waals surface area contributed by atoms with Gasteiger partial charge in [0.25, 0.3) is 0 Å². The number of rotatable bonds is 3. The van der Waals surface area contributed by atoms with E-state index >= 15 is 0 Å². The zero-order valence-corrected chi connectivity index (χ0v) is 6.58. The van der Waals surface area contributed by atoms with Crippen molar-refractivity contribution < 1.29 is 4.74 Å². The zero-order chi connectivity index (χ0) is 6.41. The highest BCUT2D eigenvalue weighted by molar-refractivity contribution is 6.61. The molecular formula is C6H12OSi. The molecule has 0 heterocycles. The fourth-order valence-corrected chi connectivity index (χ4v) is 0.663. The molecule has 8 heavy (non-hydrogen) atoms. The normalized spacial score (nSPS) is 10.4. The van der Waals surface area contributed by atoms with Gasteiger partial charge in [0.1, 0.15) is 0 Å². The monoisotopic (exact) mass is 128 g/mol. The lowest BCUT2D eigenvalue weighted by Crippen LogP contribution is -1.91. The molecule has 0 aromatic rings. The molecule has 0 aliphatic rings. The topological polar surface area (TPSA) is 9.23 Å². The standard InChI is InChI=1S/C6H12OSi/c1-4-7-5-6-8(2)3/h4-6,8H,1H2,2-3H3. The van der Waals surface area contributed by atoms with Crippen LogP contribution in [-0.2, 0) is 4.74 Å². The molecule has 0 radical (unpaired) electrons. The maximum atomic E-state index is 4.76. The first-order valence-corrected chi connectivity index (χ1v) is 5.68. The van der Waals surface area contributed by atoms with Crippen molar-refractivity contribution in [1.82, 2.24) is 0 Å². The summed E-state index contributed by atoms with van der Waals surface area (Å²) in [6.45, 7) is 7.85. The Morgan fingerprint density at radius 2 is 2.12 bits per heavy atom. The van der Waals surface area contributed by atoms with Gasteiger partial charge in [0.2, 0.25) is 0 Å². The Balaban J connectivity index is 3.19. The molecule has 0 saturated carbocycles. The van der Waals surface area contributed by atoms with Gasteiger partial charge >= 0.3 is 0 Å². The minimum absolute atomic E-state index is 0.555. The van der Waals surface area contributed by atoms with E-state index in [1.165, 1.54) is 6.26 Å². The van der Waals surface area contributed by atoms with Crippen LogP contribution in [0.4, 0.5) is 0 Å². The lowest BCUT2D eigenvalue weighted by Gasteiger charge is -1.89. The van der Waals surface area contributed by atoms with Crippen LogP contribution < -0.4 is 0 Å². The van der Waals surface area contributed by atoms with E-state index in [1.807, 2.05) is 0 Å². The Kier molecular flexibility index (Phi) is 4.36. The molecule has 0 unspecified atom stereocenters. The van der Waals surface area contributed by atoms with Gasteiger partial charge in [-0.3, -0.25) is 0 Å². The van der Waals surface area contributed by atoms with Gasteiger partial charge in [-0.05, 0) is 0 Å². The van der Waals surface area contributed by atoms with Crippen LogP contribution in [0.1, 0.15) is 0 Å². The second-order valence-corrected chi connectivity index (χ2v) is 4.75. The summed E-state index contributed by atoms with van der Waals surface area (Å²) >= 11 is 0. The van der Waals surface area contributed by atoms with E-state index in [9.17, 15) is 0 Å². The first kappa shape index (κ1) is 7.50. The van der Waals surface area contributed by atoms with Crippen LogP contribution in [-0.4, -0.2) is 8.80 Å². The molecule has 0 aliphatic carbocycles. The van der Waals surface area contributed by atoms with E-state index in [1.54, 1.807) is 6.26 Å². The SMILES string of the molecule is C=COC=C[SiH](C)C. The molecule has 0 aliphatic heterocycles. The van der Waals surface area contributed by atoms with Crippen molar-refractivity contribution in [2.45, 2.75) is 13.1 Å². The molecular weight excluding hydrogens is 116 g/mol. The van der Waals surface area contributed by atoms with Crippen LogP contribution in [0, 0.1) is 0 Å². The van der Waals surface area contributed by atoms with E-state index in [2.05, 4.69) is 25.4 Å². The summed E-state index contributed by atoms with van der Waals surface area (Å²) in [5.74, 6) is 0. The molecule has 46 valence electrons. The van der Waals surface area contributed by atoms with Crippen LogP contribution in [0.2, 0.25) is 13.1 Å². The quantitative estimate of drug-likeness (QED) is 0.415. The Labute approximate surface area is 52.3 Å². The number of hydrogen-bond donors (Lipinski definition) is 0. The van der Waals surface area contributed by atoms with Crippen molar-refractivity contribution in [3.05, 3.63) is 24.8 Å². The van der Waals surface area contributed by atoms with Gasteiger partial charge in [0.05, 0.1) is 21.3 Å². The lowest BCUT2D eigenvalue weighted by molar-refractivity contribution is 0.405. The molecule has 0 rings (SSSR count). The average Bonchev–Trinajstić information content (AvgIpc) is 1.66. The van der Waals surface area contributed by atoms with E-state index in [-0.39, 0.29) is 0 Å². The van der Waals surface area contributed by atoms with E-state index in [0.29, 0.717) is 0 Å². The highest BCUT2D eigenvalue weighted by Gasteiger charge is 1.82. The second kappa shape index (κ2) is 4.65. The third-order valence-electron chi connectivity index (χ3n) is 0.638. The van der Waals surface area contributed by atoms with Crippen molar-refractivity contribution >= 4 is 8.80 Å². The third-order valence-corrected chi connectivity index (χ3v) is 1.57. The van der Waals surface area contributed by atoms with Crippen LogP contribution in [0.5, 0.6) is 0 Å². The molecule has 0 fully saturated rings. The predicted molar refractivity (Wildman–Crippen MR) is 39.3 cm³/mol. The molecule has 0 saturated heterocycles. The van der Waals surface area contributed by atoms with Gasteiger partial charge in [0.15, 0.2) is 0 Å². The maximum Gasteiger partial charge on any atom is 0.0829 e. The van der Waals surface area contributed by atoms with Crippen molar-refractivity contribution in [3.8, 4) is 0 Å². The van der Waals surface area contributed by atoms with Crippen LogP contribution in [0.25, 0.3) is 0 Å². The minimum atomic E-state index is -0.555. The highest BCUT2D eigenvalue weighted by atomic mass is 28.3. The number of ether oxygens (including phenoxy) is 1. The summed E-state index contributed by atoms with van der Waals surface area (Å²) < 4.78 is 4.76. The largest absolute Gasteiger partial charge is 0.474 e. The summed E-state index contributed by atoms with van der Waals surface area (Å²) in [7, 11) is -0.555. The van der Waals surface area contributed by atoms with E-state index < -0.39 is 8.80 Å². The molecule has 0 spiro atoms. The number of hydrogen-bond acceptors (Lipinski definition) is 1. The van der Waals surface area contributed by atoms with E-state index in [0.717, 1.165) is 0 Å². The van der Waals surface area contributed by atoms with Crippen molar-refractivity contribution in [2.24, 2.45) is 0 Å². The highest BCUT2D eigenvalue weighted by Crippen LogP contribution is 1.83. The molecule has 0 bridgehead atoms. The van der Waals surface area contributed by atoms with Gasteiger partial charge in [0, 0.05) is 0 Å². The van der Waals surface area contributed by atoms with Crippen molar-refractivity contribution in [2.75, 3.05) is 0 Å². The van der Waals surface area contributed by atoms with Gasteiger partial charge in [-0.2, -0.15) is 0 Å². The predicted octanol–water partition coefficient (Wildman–Crippen LogP) is 1.69. The lowest BCUT2D eigenvalue weighted by atomic mass is 11.1. The summed E-state index contributed by atoms with van der Waals surface area (Å²) in [5.41, 5.74) is 2.10. The average molecular weight is 128 g/mol. The Bertz CT molecular complexity index is 86.5. The first-order valence-electron chi connectivity index (χ1n) is 2.70. The Morgan fingerprint density at radius 1 is 1.50 bits per heavy atom.